The van der Waals surface area contributed by atoms with Gasteiger partial charge in [-0.2, -0.15) is 0 Å². The van der Waals surface area contributed by atoms with E-state index in [0.29, 0.717) is 5.06 Å². The van der Waals surface area contributed by atoms with E-state index in [1.54, 1.807) is 39.8 Å². The van der Waals surface area contributed by atoms with E-state index < -0.39 is 34.8 Å². The number of rotatable bonds is 3. The van der Waals surface area contributed by atoms with Crippen LogP contribution < -0.4 is 0 Å². The minimum Gasteiger partial charge on any atom is -0.459 e. The molecule has 2 aliphatic rings. The molecule has 1 aliphatic carbocycles. The van der Waals surface area contributed by atoms with Crippen molar-refractivity contribution in [3.05, 3.63) is 35.4 Å². The van der Waals surface area contributed by atoms with Gasteiger partial charge in [0.25, 0.3) is 11.8 Å². The third-order valence-electron chi connectivity index (χ3n) is 4.37. The molecular formula is C18H19NO6. The summed E-state index contributed by atoms with van der Waals surface area (Å²) in [6.45, 7) is 6.80. The van der Waals surface area contributed by atoms with Crippen LogP contribution in [-0.4, -0.2) is 34.4 Å². The molecule has 0 unspecified atom stereocenters. The Balaban J connectivity index is 1.80. The average molecular weight is 345 g/mol. The summed E-state index contributed by atoms with van der Waals surface area (Å²) in [6, 6.07) is 6.18. The Kier molecular flexibility index (Phi) is 3.70. The lowest BCUT2D eigenvalue weighted by Crippen LogP contribution is -2.41. The van der Waals surface area contributed by atoms with Crippen molar-refractivity contribution in [1.82, 2.24) is 5.06 Å². The van der Waals surface area contributed by atoms with Gasteiger partial charge in [-0.15, -0.1) is 0 Å². The number of carbonyl (C=O) groups excluding carboxylic acids is 4. The fourth-order valence-corrected chi connectivity index (χ4v) is 2.86. The zero-order valence-corrected chi connectivity index (χ0v) is 14.5. The molecule has 1 aliphatic heterocycles. The van der Waals surface area contributed by atoms with Crippen LogP contribution >= 0.6 is 0 Å². The third-order valence-corrected chi connectivity index (χ3v) is 4.37. The first-order valence-electron chi connectivity index (χ1n) is 8.01. The second-order valence-electron chi connectivity index (χ2n) is 7.41. The van der Waals surface area contributed by atoms with Crippen molar-refractivity contribution in [2.24, 2.45) is 11.3 Å². The summed E-state index contributed by atoms with van der Waals surface area (Å²) in [4.78, 5) is 54.6. The van der Waals surface area contributed by atoms with Crippen LogP contribution in [0.3, 0.4) is 0 Å². The second-order valence-corrected chi connectivity index (χ2v) is 7.41. The fraction of sp³-hybridized carbons (Fsp3) is 0.444. The van der Waals surface area contributed by atoms with Crippen LogP contribution in [0.2, 0.25) is 0 Å². The van der Waals surface area contributed by atoms with Crippen LogP contribution in [-0.2, 0) is 19.2 Å². The molecule has 0 aromatic heterocycles. The molecule has 7 nitrogen and oxygen atoms in total. The summed E-state index contributed by atoms with van der Waals surface area (Å²) in [6.07, 6.45) is 0.254. The highest BCUT2D eigenvalue weighted by Crippen LogP contribution is 2.54. The molecule has 1 saturated carbocycles. The Morgan fingerprint density at radius 2 is 1.56 bits per heavy atom. The van der Waals surface area contributed by atoms with E-state index in [4.69, 9.17) is 9.57 Å². The smallest absolute Gasteiger partial charge is 0.350 e. The molecule has 0 radical (unpaired) electrons. The Morgan fingerprint density at radius 1 is 1.08 bits per heavy atom. The van der Waals surface area contributed by atoms with Gasteiger partial charge in [-0.05, 0) is 45.2 Å². The van der Waals surface area contributed by atoms with E-state index >= 15 is 0 Å². The van der Waals surface area contributed by atoms with Crippen molar-refractivity contribution in [3.8, 4) is 0 Å². The van der Waals surface area contributed by atoms with Crippen molar-refractivity contribution >= 4 is 23.8 Å². The first-order chi connectivity index (χ1) is 11.6. The van der Waals surface area contributed by atoms with Gasteiger partial charge in [0, 0.05) is 0 Å². The molecule has 0 saturated heterocycles. The van der Waals surface area contributed by atoms with Crippen LogP contribution in [0.25, 0.3) is 0 Å². The highest BCUT2D eigenvalue weighted by atomic mass is 16.7. The minimum atomic E-state index is -1.47. The number of ether oxygens (including phenoxy) is 1. The van der Waals surface area contributed by atoms with Gasteiger partial charge in [0.2, 0.25) is 0 Å². The van der Waals surface area contributed by atoms with Crippen LogP contribution in [0.15, 0.2) is 24.3 Å². The molecule has 0 N–H and O–H groups in total. The maximum Gasteiger partial charge on any atom is 0.350 e. The lowest BCUT2D eigenvalue weighted by molar-refractivity contribution is -0.186. The number of fused-ring (bicyclic) bond motifs is 1. The van der Waals surface area contributed by atoms with Crippen molar-refractivity contribution < 1.29 is 28.8 Å². The predicted molar refractivity (Wildman–Crippen MR) is 85.1 cm³/mol. The van der Waals surface area contributed by atoms with Crippen LogP contribution in [0.5, 0.6) is 0 Å². The quantitative estimate of drug-likeness (QED) is 0.473. The third kappa shape index (κ3) is 2.69. The number of hydrogen-bond acceptors (Lipinski definition) is 6. The molecule has 1 aromatic carbocycles. The van der Waals surface area contributed by atoms with Crippen molar-refractivity contribution in [2.75, 3.05) is 0 Å². The molecule has 0 bridgehead atoms. The largest absolute Gasteiger partial charge is 0.459 e. The monoisotopic (exact) mass is 345 g/mol. The Bertz CT molecular complexity index is 758. The molecule has 0 spiro atoms. The number of nitrogens with zero attached hydrogens (tertiary/aromatic N) is 1. The molecule has 25 heavy (non-hydrogen) atoms. The number of amides is 2. The first-order valence-corrected chi connectivity index (χ1v) is 8.01. The van der Waals surface area contributed by atoms with Crippen LogP contribution in [0.4, 0.5) is 0 Å². The summed E-state index contributed by atoms with van der Waals surface area (Å²) < 4.78 is 5.31. The number of benzene rings is 1. The zero-order valence-electron chi connectivity index (χ0n) is 14.5. The molecule has 132 valence electrons. The number of hydroxylamine groups is 2. The summed E-state index contributed by atoms with van der Waals surface area (Å²) in [7, 11) is 0. The maximum absolute atomic E-state index is 12.6. The standard InChI is InChI=1S/C18H19NO6/c1-10-9-18(10,15(22)24-17(2,3)4)16(23)25-19-13(20)11-7-5-6-8-12(11)14(19)21/h5-8,10H,9H2,1-4H3/t10-,18-/m1/s1. The van der Waals surface area contributed by atoms with E-state index in [-0.39, 0.29) is 23.5 Å². The average Bonchev–Trinajstić information content (AvgIpc) is 3.16. The SMILES string of the molecule is C[C@@H]1C[C@]1(C(=O)ON1C(=O)c2ccccc2C1=O)C(=O)OC(C)(C)C. The lowest BCUT2D eigenvalue weighted by atomic mass is 10.0. The van der Waals surface area contributed by atoms with Gasteiger partial charge in [-0.1, -0.05) is 24.1 Å². The molecule has 7 heteroatoms. The van der Waals surface area contributed by atoms with Crippen molar-refractivity contribution in [3.63, 3.8) is 0 Å². The van der Waals surface area contributed by atoms with Gasteiger partial charge in [-0.25, -0.2) is 4.79 Å². The summed E-state index contributed by atoms with van der Waals surface area (Å²) >= 11 is 0. The topological polar surface area (TPSA) is 90.0 Å². The van der Waals surface area contributed by atoms with E-state index in [1.807, 2.05) is 0 Å². The van der Waals surface area contributed by atoms with Crippen molar-refractivity contribution in [2.45, 2.75) is 39.7 Å². The number of imide groups is 1. The van der Waals surface area contributed by atoms with Gasteiger partial charge < -0.3 is 9.57 Å². The molecule has 1 fully saturated rings. The van der Waals surface area contributed by atoms with Gasteiger partial charge in [0.05, 0.1) is 11.1 Å². The van der Waals surface area contributed by atoms with Gasteiger partial charge in [0.15, 0.2) is 5.41 Å². The summed E-state index contributed by atoms with van der Waals surface area (Å²) in [5, 5.41) is 0.421. The maximum atomic E-state index is 12.6. The zero-order chi connectivity index (χ0) is 18.6. The van der Waals surface area contributed by atoms with Crippen molar-refractivity contribution in [1.29, 1.82) is 0 Å². The van der Waals surface area contributed by atoms with Gasteiger partial charge in [0.1, 0.15) is 5.60 Å². The molecule has 2 atom stereocenters. The summed E-state index contributed by atoms with van der Waals surface area (Å²) in [5.41, 5.74) is -1.91. The molecule has 2 amide bonds. The number of esters is 1. The van der Waals surface area contributed by atoms with E-state index in [1.165, 1.54) is 12.1 Å². The van der Waals surface area contributed by atoms with Gasteiger partial charge >= 0.3 is 11.9 Å². The van der Waals surface area contributed by atoms with Crippen LogP contribution in [0.1, 0.15) is 54.8 Å². The lowest BCUT2D eigenvalue weighted by Gasteiger charge is -2.24. The highest BCUT2D eigenvalue weighted by Gasteiger charge is 2.67. The molecule has 1 aromatic rings. The minimum absolute atomic E-state index is 0.162. The van der Waals surface area contributed by atoms with Crippen LogP contribution in [0, 0.1) is 11.3 Å². The molecule has 3 rings (SSSR count). The second kappa shape index (κ2) is 5.40. The fourth-order valence-electron chi connectivity index (χ4n) is 2.86. The highest BCUT2D eigenvalue weighted by molar-refractivity contribution is 6.21. The number of hydrogen-bond donors (Lipinski definition) is 0. The Hall–Kier alpha value is -2.70. The molecular weight excluding hydrogens is 326 g/mol. The number of carbonyl (C=O) groups is 4. The van der Waals surface area contributed by atoms with E-state index in [9.17, 15) is 19.2 Å². The van der Waals surface area contributed by atoms with E-state index in [2.05, 4.69) is 0 Å². The molecule has 1 heterocycles. The van der Waals surface area contributed by atoms with Gasteiger partial charge in [-0.3, -0.25) is 14.4 Å². The van der Waals surface area contributed by atoms with E-state index in [0.717, 1.165) is 0 Å². The first kappa shape index (κ1) is 17.1. The predicted octanol–water partition coefficient (Wildman–Crippen LogP) is 2.11. The Labute approximate surface area is 144 Å². The Morgan fingerprint density at radius 3 is 1.96 bits per heavy atom. The summed E-state index contributed by atoms with van der Waals surface area (Å²) in [5.74, 6) is -3.37. The normalized spacial score (nSPS) is 24.8.